The highest BCUT2D eigenvalue weighted by molar-refractivity contribution is 9.10. The van der Waals surface area contributed by atoms with E-state index in [1.54, 1.807) is 30.5 Å². The monoisotopic (exact) mass is 368 g/mol. The normalized spacial score (nSPS) is 10.5. The van der Waals surface area contributed by atoms with E-state index in [4.69, 9.17) is 11.6 Å². The van der Waals surface area contributed by atoms with E-state index >= 15 is 0 Å². The maximum absolute atomic E-state index is 12.1. The minimum Gasteiger partial charge on any atom is -0.324 e. The van der Waals surface area contributed by atoms with Crippen LogP contribution in [0.15, 0.2) is 39.7 Å². The van der Waals surface area contributed by atoms with E-state index in [1.807, 2.05) is 13.8 Å². The first-order chi connectivity index (χ1) is 9.88. The van der Waals surface area contributed by atoms with E-state index in [-0.39, 0.29) is 18.0 Å². The van der Waals surface area contributed by atoms with Gasteiger partial charge in [0.1, 0.15) is 6.54 Å². The van der Waals surface area contributed by atoms with Gasteiger partial charge in [0.25, 0.3) is 5.56 Å². The Balaban J connectivity index is 2.20. The van der Waals surface area contributed by atoms with Gasteiger partial charge in [-0.1, -0.05) is 17.7 Å². The summed E-state index contributed by atoms with van der Waals surface area (Å²) in [5.74, 6) is -0.278. The maximum Gasteiger partial charge on any atom is 0.265 e. The van der Waals surface area contributed by atoms with Gasteiger partial charge in [0.15, 0.2) is 0 Å². The zero-order chi connectivity index (χ0) is 15.6. The van der Waals surface area contributed by atoms with Crippen LogP contribution < -0.4 is 10.9 Å². The standard InChI is InChI=1S/C15H14BrClN2O2/c1-9-6-11(16)15(21)19(7-9)8-14(20)18-13-5-3-4-12(17)10(13)2/h3-7H,8H2,1-2H3,(H,18,20). The van der Waals surface area contributed by atoms with E-state index in [0.29, 0.717) is 15.2 Å². The Bertz CT molecular complexity index is 756. The molecule has 1 aromatic heterocycles. The Kier molecular flexibility index (Phi) is 4.85. The third-order valence-corrected chi connectivity index (χ3v) is 4.01. The fourth-order valence-electron chi connectivity index (χ4n) is 1.95. The van der Waals surface area contributed by atoms with E-state index in [9.17, 15) is 9.59 Å². The van der Waals surface area contributed by atoms with Crippen LogP contribution >= 0.6 is 27.5 Å². The molecule has 0 atom stereocenters. The van der Waals surface area contributed by atoms with Gasteiger partial charge in [-0.05, 0) is 59.1 Å². The second kappa shape index (κ2) is 6.45. The van der Waals surface area contributed by atoms with Gasteiger partial charge in [0, 0.05) is 16.9 Å². The third-order valence-electron chi connectivity index (χ3n) is 3.03. The van der Waals surface area contributed by atoms with E-state index in [0.717, 1.165) is 11.1 Å². The van der Waals surface area contributed by atoms with E-state index in [2.05, 4.69) is 21.2 Å². The van der Waals surface area contributed by atoms with E-state index in [1.165, 1.54) is 4.57 Å². The molecule has 6 heteroatoms. The first-order valence-corrected chi connectivity index (χ1v) is 7.47. The Hall–Kier alpha value is -1.59. The number of aromatic nitrogens is 1. The lowest BCUT2D eigenvalue weighted by Gasteiger charge is -2.11. The summed E-state index contributed by atoms with van der Waals surface area (Å²) in [4.78, 5) is 24.0. The first-order valence-electron chi connectivity index (χ1n) is 6.30. The molecule has 4 nitrogen and oxygen atoms in total. The quantitative estimate of drug-likeness (QED) is 0.900. The number of amides is 1. The molecule has 1 N–H and O–H groups in total. The Morgan fingerprint density at radius 2 is 2.10 bits per heavy atom. The lowest BCUT2D eigenvalue weighted by molar-refractivity contribution is -0.116. The smallest absolute Gasteiger partial charge is 0.265 e. The van der Waals surface area contributed by atoms with Crippen molar-refractivity contribution >= 4 is 39.1 Å². The van der Waals surface area contributed by atoms with Crippen LogP contribution in [-0.2, 0) is 11.3 Å². The number of nitrogens with one attached hydrogen (secondary N) is 1. The summed E-state index contributed by atoms with van der Waals surface area (Å²) >= 11 is 9.20. The average molecular weight is 370 g/mol. The summed E-state index contributed by atoms with van der Waals surface area (Å²) in [6.45, 7) is 3.64. The number of anilines is 1. The number of benzene rings is 1. The molecule has 0 aliphatic rings. The summed E-state index contributed by atoms with van der Waals surface area (Å²) in [6.07, 6.45) is 1.65. The van der Waals surface area contributed by atoms with Crippen molar-refractivity contribution in [1.82, 2.24) is 4.57 Å². The minimum atomic E-state index is -0.278. The molecule has 2 rings (SSSR count). The molecule has 1 amide bonds. The SMILES string of the molecule is Cc1cc(Br)c(=O)n(CC(=O)Nc2cccc(Cl)c2C)c1. The summed E-state index contributed by atoms with van der Waals surface area (Å²) in [7, 11) is 0. The third kappa shape index (κ3) is 3.74. The molecule has 2 aromatic rings. The Morgan fingerprint density at radius 3 is 2.81 bits per heavy atom. The molecule has 110 valence electrons. The molecule has 1 aromatic carbocycles. The van der Waals surface area contributed by atoms with E-state index < -0.39 is 0 Å². The van der Waals surface area contributed by atoms with Gasteiger partial charge in [0.2, 0.25) is 5.91 Å². The molecule has 0 saturated heterocycles. The maximum atomic E-state index is 12.1. The predicted molar refractivity (Wildman–Crippen MR) is 88.0 cm³/mol. The molecule has 21 heavy (non-hydrogen) atoms. The van der Waals surface area contributed by atoms with Crippen molar-refractivity contribution < 1.29 is 4.79 Å². The highest BCUT2D eigenvalue weighted by atomic mass is 79.9. The van der Waals surface area contributed by atoms with Crippen LogP contribution in [0.1, 0.15) is 11.1 Å². The molecule has 0 spiro atoms. The van der Waals surface area contributed by atoms with Gasteiger partial charge in [-0.3, -0.25) is 9.59 Å². The number of aryl methyl sites for hydroxylation is 1. The Morgan fingerprint density at radius 1 is 1.38 bits per heavy atom. The molecule has 0 radical (unpaired) electrons. The van der Waals surface area contributed by atoms with Crippen LogP contribution in [0.5, 0.6) is 0 Å². The second-order valence-electron chi connectivity index (χ2n) is 4.76. The molecular weight excluding hydrogens is 356 g/mol. The van der Waals surface area contributed by atoms with Crippen molar-refractivity contribution in [2.75, 3.05) is 5.32 Å². The van der Waals surface area contributed by atoms with Crippen LogP contribution in [0, 0.1) is 13.8 Å². The van der Waals surface area contributed by atoms with Crippen molar-refractivity contribution in [3.05, 3.63) is 61.4 Å². The number of hydrogen-bond acceptors (Lipinski definition) is 2. The first kappa shape index (κ1) is 15.8. The zero-order valence-corrected chi connectivity index (χ0v) is 14.0. The fraction of sp³-hybridized carbons (Fsp3) is 0.200. The number of rotatable bonds is 3. The summed E-state index contributed by atoms with van der Waals surface area (Å²) in [6, 6.07) is 7.01. The summed E-state index contributed by atoms with van der Waals surface area (Å²) in [5.41, 5.74) is 2.10. The highest BCUT2D eigenvalue weighted by Gasteiger charge is 2.10. The lowest BCUT2D eigenvalue weighted by atomic mass is 10.2. The number of nitrogens with zero attached hydrogens (tertiary/aromatic N) is 1. The summed E-state index contributed by atoms with van der Waals surface area (Å²) in [5, 5.41) is 3.35. The number of carbonyl (C=O) groups is 1. The molecule has 0 unspecified atom stereocenters. The van der Waals surface area contributed by atoms with Crippen molar-refractivity contribution in [3.8, 4) is 0 Å². The zero-order valence-electron chi connectivity index (χ0n) is 11.6. The lowest BCUT2D eigenvalue weighted by Crippen LogP contribution is -2.28. The van der Waals surface area contributed by atoms with Gasteiger partial charge < -0.3 is 9.88 Å². The summed E-state index contributed by atoms with van der Waals surface area (Å²) < 4.78 is 1.81. The Labute approximate surface area is 135 Å². The molecule has 1 heterocycles. The van der Waals surface area contributed by atoms with Crippen LogP contribution in [0.2, 0.25) is 5.02 Å². The van der Waals surface area contributed by atoms with Crippen molar-refractivity contribution in [2.45, 2.75) is 20.4 Å². The topological polar surface area (TPSA) is 51.1 Å². The fourth-order valence-corrected chi connectivity index (χ4v) is 2.71. The number of pyridine rings is 1. The molecule has 0 aliphatic heterocycles. The molecule has 0 fully saturated rings. The molecule has 0 bridgehead atoms. The predicted octanol–water partition coefficient (Wildman–Crippen LogP) is 3.52. The minimum absolute atomic E-state index is 0.0505. The molecule has 0 saturated carbocycles. The van der Waals surface area contributed by atoms with Crippen LogP contribution in [0.3, 0.4) is 0 Å². The largest absolute Gasteiger partial charge is 0.324 e. The number of hydrogen-bond donors (Lipinski definition) is 1. The van der Waals surface area contributed by atoms with Crippen molar-refractivity contribution in [3.63, 3.8) is 0 Å². The van der Waals surface area contributed by atoms with Crippen molar-refractivity contribution in [1.29, 1.82) is 0 Å². The van der Waals surface area contributed by atoms with Crippen LogP contribution in [0.25, 0.3) is 0 Å². The van der Waals surface area contributed by atoms with Gasteiger partial charge in [0.05, 0.1) is 4.47 Å². The molecule has 0 aliphatic carbocycles. The number of halogens is 2. The second-order valence-corrected chi connectivity index (χ2v) is 6.02. The highest BCUT2D eigenvalue weighted by Crippen LogP contribution is 2.22. The van der Waals surface area contributed by atoms with Gasteiger partial charge >= 0.3 is 0 Å². The average Bonchev–Trinajstić information content (AvgIpc) is 2.40. The van der Waals surface area contributed by atoms with Gasteiger partial charge in [-0.2, -0.15) is 0 Å². The van der Waals surface area contributed by atoms with Gasteiger partial charge in [-0.15, -0.1) is 0 Å². The van der Waals surface area contributed by atoms with Gasteiger partial charge in [-0.25, -0.2) is 0 Å². The number of carbonyl (C=O) groups excluding carboxylic acids is 1. The van der Waals surface area contributed by atoms with Crippen molar-refractivity contribution in [2.24, 2.45) is 0 Å². The molecular formula is C15H14BrClN2O2. The van der Waals surface area contributed by atoms with Crippen LogP contribution in [-0.4, -0.2) is 10.5 Å². The van der Waals surface area contributed by atoms with Crippen LogP contribution in [0.4, 0.5) is 5.69 Å².